The highest BCUT2D eigenvalue weighted by atomic mass is 32.1. The lowest BCUT2D eigenvalue weighted by Crippen LogP contribution is -2.11. The number of aromatic amines is 1. The minimum atomic E-state index is 0.512. The Morgan fingerprint density at radius 3 is 2.47 bits per heavy atom. The highest BCUT2D eigenvalue weighted by Gasteiger charge is 2.13. The first-order chi connectivity index (χ1) is 14.6. The quantitative estimate of drug-likeness (QED) is 0.424. The van der Waals surface area contributed by atoms with Gasteiger partial charge in [-0.1, -0.05) is 62.4 Å². The van der Waals surface area contributed by atoms with E-state index in [0.717, 1.165) is 53.5 Å². The number of aromatic nitrogens is 7. The zero-order valence-corrected chi connectivity index (χ0v) is 18.0. The van der Waals surface area contributed by atoms with Crippen LogP contribution in [0.2, 0.25) is 0 Å². The van der Waals surface area contributed by atoms with Crippen LogP contribution < -0.4 is 0 Å². The van der Waals surface area contributed by atoms with E-state index in [1.165, 1.54) is 5.56 Å². The Balaban J connectivity index is 1.59. The van der Waals surface area contributed by atoms with Crippen molar-refractivity contribution in [2.24, 2.45) is 5.92 Å². The number of rotatable bonds is 8. The summed E-state index contributed by atoms with van der Waals surface area (Å²) in [6, 6.07) is 16.6. The number of benzene rings is 2. The Bertz CT molecular complexity index is 1090. The van der Waals surface area contributed by atoms with Crippen LogP contribution in [0.25, 0.3) is 22.5 Å². The van der Waals surface area contributed by atoms with E-state index in [4.69, 9.17) is 4.98 Å². The molecule has 1 N–H and O–H groups in total. The normalized spacial score (nSPS) is 11.3. The maximum atomic E-state index is 4.75. The fourth-order valence-electron chi connectivity index (χ4n) is 3.45. The molecule has 4 rings (SSSR count). The molecular weight excluding hydrogens is 394 g/mol. The van der Waals surface area contributed by atoms with Crippen molar-refractivity contribution in [1.29, 1.82) is 0 Å². The van der Waals surface area contributed by atoms with Gasteiger partial charge in [-0.25, -0.2) is 9.67 Å². The standard InChI is InChI=1S/C22H25N7S/c1-15(2)14-29-21(23-20(26-29)11-12-30)13-16-7-9-17(10-8-16)18-5-3-4-6-19(18)22-24-27-28-25-22/h3-10,15,30H,11-14H2,1-2H3,(H,24,25,27,28). The highest BCUT2D eigenvalue weighted by molar-refractivity contribution is 7.80. The van der Waals surface area contributed by atoms with Crippen LogP contribution in [0.5, 0.6) is 0 Å². The number of thiol groups is 1. The van der Waals surface area contributed by atoms with E-state index in [2.05, 4.69) is 82.5 Å². The molecule has 0 saturated heterocycles. The van der Waals surface area contributed by atoms with E-state index < -0.39 is 0 Å². The summed E-state index contributed by atoms with van der Waals surface area (Å²) in [5, 5.41) is 19.1. The van der Waals surface area contributed by atoms with Crippen LogP contribution in [-0.4, -0.2) is 41.1 Å². The van der Waals surface area contributed by atoms with Gasteiger partial charge < -0.3 is 0 Å². The van der Waals surface area contributed by atoms with Gasteiger partial charge in [0.2, 0.25) is 5.82 Å². The molecule has 2 heterocycles. The van der Waals surface area contributed by atoms with Gasteiger partial charge in [0.05, 0.1) is 0 Å². The predicted molar refractivity (Wildman–Crippen MR) is 120 cm³/mol. The number of nitrogens with one attached hydrogen (secondary N) is 1. The SMILES string of the molecule is CC(C)Cn1nc(CCS)nc1Cc1ccc(-c2ccccc2-c2nn[nH]n2)cc1. The number of aryl methyl sites for hydroxylation is 1. The van der Waals surface area contributed by atoms with Gasteiger partial charge in [0.25, 0.3) is 0 Å². The van der Waals surface area contributed by atoms with E-state index in [0.29, 0.717) is 11.7 Å². The zero-order valence-electron chi connectivity index (χ0n) is 17.2. The van der Waals surface area contributed by atoms with Crippen LogP contribution in [0.1, 0.15) is 31.1 Å². The maximum absolute atomic E-state index is 4.75. The average molecular weight is 420 g/mol. The molecule has 0 saturated carbocycles. The monoisotopic (exact) mass is 419 g/mol. The van der Waals surface area contributed by atoms with Crippen LogP contribution in [0.4, 0.5) is 0 Å². The summed E-state index contributed by atoms with van der Waals surface area (Å²) in [7, 11) is 0. The molecule has 0 aliphatic heterocycles. The van der Waals surface area contributed by atoms with Crippen LogP contribution in [0, 0.1) is 5.92 Å². The van der Waals surface area contributed by atoms with Crippen molar-refractivity contribution in [1.82, 2.24) is 35.4 Å². The first-order valence-corrected chi connectivity index (χ1v) is 10.7. The summed E-state index contributed by atoms with van der Waals surface area (Å²) in [5.41, 5.74) is 4.33. The smallest absolute Gasteiger partial charge is 0.205 e. The number of hydrogen-bond acceptors (Lipinski definition) is 6. The van der Waals surface area contributed by atoms with Crippen LogP contribution >= 0.6 is 12.6 Å². The summed E-state index contributed by atoms with van der Waals surface area (Å²) in [5.74, 6) is 3.72. The lowest BCUT2D eigenvalue weighted by molar-refractivity contribution is 0.467. The van der Waals surface area contributed by atoms with E-state index >= 15 is 0 Å². The average Bonchev–Trinajstić information content (AvgIpc) is 3.39. The topological polar surface area (TPSA) is 85.2 Å². The molecular formula is C22H25N7S. The molecule has 0 spiro atoms. The number of H-pyrrole nitrogens is 1. The largest absolute Gasteiger partial charge is 0.249 e. The molecule has 4 aromatic rings. The molecule has 7 nitrogen and oxygen atoms in total. The third-order valence-corrected chi connectivity index (χ3v) is 5.03. The van der Waals surface area contributed by atoms with Gasteiger partial charge in [-0.15, -0.1) is 10.2 Å². The van der Waals surface area contributed by atoms with E-state index in [9.17, 15) is 0 Å². The lowest BCUT2D eigenvalue weighted by atomic mass is 9.98. The van der Waals surface area contributed by atoms with Crippen LogP contribution in [-0.2, 0) is 19.4 Å². The molecule has 0 unspecified atom stereocenters. The predicted octanol–water partition coefficient (Wildman–Crippen LogP) is 3.84. The zero-order chi connectivity index (χ0) is 20.9. The van der Waals surface area contributed by atoms with Gasteiger partial charge >= 0.3 is 0 Å². The third-order valence-electron chi connectivity index (χ3n) is 4.81. The number of nitrogens with zero attached hydrogens (tertiary/aromatic N) is 6. The molecule has 0 aliphatic rings. The van der Waals surface area contributed by atoms with E-state index in [1.54, 1.807) is 0 Å². The molecule has 2 aromatic carbocycles. The second kappa shape index (κ2) is 9.21. The highest BCUT2D eigenvalue weighted by Crippen LogP contribution is 2.30. The Kier molecular flexibility index (Phi) is 6.23. The van der Waals surface area contributed by atoms with Crippen LogP contribution in [0.3, 0.4) is 0 Å². The first-order valence-electron chi connectivity index (χ1n) is 10.1. The van der Waals surface area contributed by atoms with Gasteiger partial charge in [-0.2, -0.15) is 22.9 Å². The Morgan fingerprint density at radius 1 is 1.03 bits per heavy atom. The molecule has 0 radical (unpaired) electrons. The van der Waals surface area contributed by atoms with Gasteiger partial charge in [-0.05, 0) is 33.6 Å². The second-order valence-electron chi connectivity index (χ2n) is 7.65. The molecule has 0 aliphatic carbocycles. The summed E-state index contributed by atoms with van der Waals surface area (Å²) < 4.78 is 2.04. The van der Waals surface area contributed by atoms with Crippen LogP contribution in [0.15, 0.2) is 48.5 Å². The summed E-state index contributed by atoms with van der Waals surface area (Å²) in [4.78, 5) is 4.75. The fraction of sp³-hybridized carbons (Fsp3) is 0.318. The number of tetrazole rings is 1. The molecule has 30 heavy (non-hydrogen) atoms. The molecule has 154 valence electrons. The van der Waals surface area contributed by atoms with Gasteiger partial charge in [-0.3, -0.25) is 0 Å². The van der Waals surface area contributed by atoms with E-state index in [-0.39, 0.29) is 0 Å². The van der Waals surface area contributed by atoms with Crippen molar-refractivity contribution in [3.8, 4) is 22.5 Å². The van der Waals surface area contributed by atoms with Gasteiger partial charge in [0, 0.05) is 24.9 Å². The van der Waals surface area contributed by atoms with Gasteiger partial charge in [0.1, 0.15) is 5.82 Å². The molecule has 0 bridgehead atoms. The third kappa shape index (κ3) is 4.59. The molecule has 2 aromatic heterocycles. The molecule has 0 amide bonds. The van der Waals surface area contributed by atoms with Gasteiger partial charge in [0.15, 0.2) is 5.82 Å². The Labute approximate surface area is 181 Å². The van der Waals surface area contributed by atoms with Crippen molar-refractivity contribution < 1.29 is 0 Å². The van der Waals surface area contributed by atoms with Crippen molar-refractivity contribution in [3.05, 3.63) is 65.7 Å². The van der Waals surface area contributed by atoms with Crippen molar-refractivity contribution >= 4 is 12.6 Å². The Hall–Kier alpha value is -3.00. The maximum Gasteiger partial charge on any atom is 0.205 e. The van der Waals surface area contributed by atoms with E-state index in [1.807, 2.05) is 22.9 Å². The van der Waals surface area contributed by atoms with Crippen molar-refractivity contribution in [2.75, 3.05) is 5.75 Å². The molecule has 0 fully saturated rings. The minimum absolute atomic E-state index is 0.512. The molecule has 8 heteroatoms. The number of hydrogen-bond donors (Lipinski definition) is 2. The summed E-state index contributed by atoms with van der Waals surface area (Å²) >= 11 is 4.32. The fourth-order valence-corrected chi connectivity index (χ4v) is 3.65. The second-order valence-corrected chi connectivity index (χ2v) is 8.10. The lowest BCUT2D eigenvalue weighted by Gasteiger charge is -2.10. The summed E-state index contributed by atoms with van der Waals surface area (Å²) in [6.45, 7) is 5.25. The molecule has 0 atom stereocenters. The van der Waals surface area contributed by atoms with Crippen molar-refractivity contribution in [2.45, 2.75) is 33.2 Å². The van der Waals surface area contributed by atoms with Crippen molar-refractivity contribution in [3.63, 3.8) is 0 Å². The minimum Gasteiger partial charge on any atom is -0.249 e. The summed E-state index contributed by atoms with van der Waals surface area (Å²) in [6.07, 6.45) is 1.53. The first kappa shape index (κ1) is 20.3. The Morgan fingerprint density at radius 2 is 1.80 bits per heavy atom.